The zero-order valence-corrected chi connectivity index (χ0v) is 11.0. The van der Waals surface area contributed by atoms with Crippen molar-refractivity contribution in [2.24, 2.45) is 5.92 Å². The molecule has 1 aromatic heterocycles. The van der Waals surface area contributed by atoms with Gasteiger partial charge in [0.15, 0.2) is 0 Å². The van der Waals surface area contributed by atoms with E-state index in [1.54, 1.807) is 6.20 Å². The molecule has 1 heteroatoms. The van der Waals surface area contributed by atoms with Crippen LogP contribution in [-0.4, -0.2) is 4.98 Å². The van der Waals surface area contributed by atoms with E-state index in [9.17, 15) is 0 Å². The fraction of sp³-hybridized carbons (Fsp3) is 0.400. The summed E-state index contributed by atoms with van der Waals surface area (Å²) >= 11 is 0. The summed E-state index contributed by atoms with van der Waals surface area (Å²) in [6, 6.07) is 2.01. The van der Waals surface area contributed by atoms with Gasteiger partial charge >= 0.3 is 0 Å². The van der Waals surface area contributed by atoms with E-state index in [0.29, 0.717) is 5.92 Å². The van der Waals surface area contributed by atoms with Crippen LogP contribution >= 0.6 is 0 Å². The average Bonchev–Trinajstić information content (AvgIpc) is 2.39. The van der Waals surface area contributed by atoms with Gasteiger partial charge in [-0.2, -0.15) is 0 Å². The Morgan fingerprint density at radius 3 is 2.62 bits per heavy atom. The number of rotatable bonds is 4. The fourth-order valence-electron chi connectivity index (χ4n) is 1.37. The number of aromatic nitrogens is 1. The summed E-state index contributed by atoms with van der Waals surface area (Å²) < 4.78 is 0. The van der Waals surface area contributed by atoms with E-state index in [2.05, 4.69) is 32.0 Å². The molecule has 0 aliphatic rings. The van der Waals surface area contributed by atoms with Crippen LogP contribution in [0.15, 0.2) is 31.6 Å². The molecule has 1 atom stereocenters. The summed E-state index contributed by atoms with van der Waals surface area (Å²) in [5, 5.41) is 0. The van der Waals surface area contributed by atoms with E-state index in [4.69, 9.17) is 0 Å². The molecular weight excluding hydrogens is 194 g/mol. The molecule has 0 saturated carbocycles. The molecule has 1 nitrogen and oxygen atoms in total. The van der Waals surface area contributed by atoms with Crippen molar-refractivity contribution in [2.45, 2.75) is 34.1 Å². The van der Waals surface area contributed by atoms with E-state index < -0.39 is 0 Å². The molecule has 0 radical (unpaired) electrons. The first kappa shape index (κ1) is 14.6. The molecule has 0 N–H and O–H groups in total. The lowest BCUT2D eigenvalue weighted by atomic mass is 9.91. The lowest BCUT2D eigenvalue weighted by Gasteiger charge is -2.14. The van der Waals surface area contributed by atoms with Gasteiger partial charge in [-0.15, -0.1) is 0 Å². The normalized spacial score (nSPS) is 11.0. The highest BCUT2D eigenvalue weighted by Crippen LogP contribution is 2.26. The van der Waals surface area contributed by atoms with E-state index in [0.717, 1.165) is 12.0 Å². The summed E-state index contributed by atoms with van der Waals surface area (Å²) in [4.78, 5) is 4.07. The predicted octanol–water partition coefficient (Wildman–Crippen LogP) is 4.81. The van der Waals surface area contributed by atoms with Crippen LogP contribution in [0.4, 0.5) is 0 Å². The molecule has 1 unspecified atom stereocenters. The third-order valence-corrected chi connectivity index (χ3v) is 2.62. The van der Waals surface area contributed by atoms with Crippen LogP contribution in [0, 0.1) is 5.92 Å². The van der Waals surface area contributed by atoms with Crippen LogP contribution in [0.5, 0.6) is 0 Å². The van der Waals surface area contributed by atoms with Crippen LogP contribution in [0.25, 0.3) is 11.6 Å². The highest BCUT2D eigenvalue weighted by molar-refractivity contribution is 5.72. The Hall–Kier alpha value is -1.37. The first-order valence-corrected chi connectivity index (χ1v) is 5.96. The van der Waals surface area contributed by atoms with Crippen molar-refractivity contribution in [2.75, 3.05) is 0 Å². The topological polar surface area (TPSA) is 12.9 Å². The van der Waals surface area contributed by atoms with Crippen molar-refractivity contribution in [1.29, 1.82) is 0 Å². The molecule has 1 aromatic rings. The largest absolute Gasteiger partial charge is 0.264 e. The molecule has 0 aliphatic heterocycles. The van der Waals surface area contributed by atoms with Crippen molar-refractivity contribution in [3.63, 3.8) is 0 Å². The Kier molecular flexibility index (Phi) is 7.19. The van der Waals surface area contributed by atoms with Gasteiger partial charge in [0, 0.05) is 12.4 Å². The van der Waals surface area contributed by atoms with Crippen LogP contribution in [0.1, 0.15) is 45.2 Å². The van der Waals surface area contributed by atoms with E-state index in [1.165, 1.54) is 11.1 Å². The van der Waals surface area contributed by atoms with Gasteiger partial charge in [0.1, 0.15) is 0 Å². The minimum atomic E-state index is 0.510. The van der Waals surface area contributed by atoms with Crippen molar-refractivity contribution in [3.8, 4) is 0 Å². The standard InChI is InChI=1S/C13H17N.C2H6/c1-5-10(3)11(4)13-7-8-14-9-12(13)6-2;1-2/h6-10H,2,4-5H2,1,3H3;1-2H3. The summed E-state index contributed by atoms with van der Waals surface area (Å²) in [7, 11) is 0. The third-order valence-electron chi connectivity index (χ3n) is 2.62. The maximum atomic E-state index is 4.13. The second-order valence-electron chi connectivity index (χ2n) is 3.50. The van der Waals surface area contributed by atoms with Crippen molar-refractivity contribution in [1.82, 2.24) is 4.98 Å². The van der Waals surface area contributed by atoms with E-state index >= 15 is 0 Å². The maximum absolute atomic E-state index is 4.13. The lowest BCUT2D eigenvalue weighted by molar-refractivity contribution is 0.719. The maximum Gasteiger partial charge on any atom is 0.0346 e. The monoisotopic (exact) mass is 217 g/mol. The van der Waals surface area contributed by atoms with Gasteiger partial charge in [0.2, 0.25) is 0 Å². The molecule has 0 aromatic carbocycles. The summed E-state index contributed by atoms with van der Waals surface area (Å²) in [6.45, 7) is 16.3. The van der Waals surface area contributed by atoms with Crippen molar-refractivity contribution < 1.29 is 0 Å². The average molecular weight is 217 g/mol. The van der Waals surface area contributed by atoms with Gasteiger partial charge in [-0.1, -0.05) is 46.9 Å². The third kappa shape index (κ3) is 3.65. The summed E-state index contributed by atoms with van der Waals surface area (Å²) in [5.74, 6) is 0.510. The number of hydrogen-bond donors (Lipinski definition) is 0. The van der Waals surface area contributed by atoms with Crippen LogP contribution in [-0.2, 0) is 0 Å². The number of allylic oxidation sites excluding steroid dienone is 1. The Labute approximate surface area is 99.9 Å². The number of hydrogen-bond acceptors (Lipinski definition) is 1. The van der Waals surface area contributed by atoms with E-state index in [-0.39, 0.29) is 0 Å². The molecule has 0 amide bonds. The summed E-state index contributed by atoms with van der Waals surface area (Å²) in [5.41, 5.74) is 3.41. The Morgan fingerprint density at radius 2 is 2.12 bits per heavy atom. The summed E-state index contributed by atoms with van der Waals surface area (Å²) in [6.07, 6.45) is 6.57. The molecule has 0 saturated heterocycles. The number of nitrogens with zero attached hydrogens (tertiary/aromatic N) is 1. The minimum absolute atomic E-state index is 0.510. The Morgan fingerprint density at radius 1 is 1.50 bits per heavy atom. The lowest BCUT2D eigenvalue weighted by Crippen LogP contribution is -1.98. The van der Waals surface area contributed by atoms with Gasteiger partial charge in [-0.3, -0.25) is 4.98 Å². The Bertz CT molecular complexity index is 339. The van der Waals surface area contributed by atoms with Crippen molar-refractivity contribution in [3.05, 3.63) is 42.7 Å². The van der Waals surface area contributed by atoms with Gasteiger partial charge in [0.25, 0.3) is 0 Å². The van der Waals surface area contributed by atoms with Gasteiger partial charge in [-0.05, 0) is 35.1 Å². The second-order valence-corrected chi connectivity index (χ2v) is 3.50. The SMILES string of the molecule is C=Cc1cnccc1C(=C)C(C)CC.CC. The molecule has 0 aliphatic carbocycles. The molecule has 1 heterocycles. The predicted molar refractivity (Wildman–Crippen MR) is 74.2 cm³/mol. The Balaban J connectivity index is 0.00000106. The molecular formula is C15H23N. The molecule has 0 fully saturated rings. The molecule has 1 rings (SSSR count). The van der Waals surface area contributed by atoms with Crippen LogP contribution in [0.3, 0.4) is 0 Å². The molecule has 16 heavy (non-hydrogen) atoms. The molecule has 0 bridgehead atoms. The van der Waals surface area contributed by atoms with Crippen LogP contribution in [0.2, 0.25) is 0 Å². The van der Waals surface area contributed by atoms with Gasteiger partial charge < -0.3 is 0 Å². The highest BCUT2D eigenvalue weighted by atomic mass is 14.6. The second kappa shape index (κ2) is 7.86. The van der Waals surface area contributed by atoms with Crippen molar-refractivity contribution >= 4 is 11.6 Å². The smallest absolute Gasteiger partial charge is 0.0346 e. The fourth-order valence-corrected chi connectivity index (χ4v) is 1.37. The number of pyridine rings is 1. The zero-order chi connectivity index (χ0) is 12.6. The van der Waals surface area contributed by atoms with E-state index in [1.807, 2.05) is 32.2 Å². The van der Waals surface area contributed by atoms with Crippen LogP contribution < -0.4 is 0 Å². The molecule has 88 valence electrons. The quantitative estimate of drug-likeness (QED) is 0.705. The first-order valence-electron chi connectivity index (χ1n) is 5.96. The minimum Gasteiger partial charge on any atom is -0.264 e. The van der Waals surface area contributed by atoms with Gasteiger partial charge in [-0.25, -0.2) is 0 Å². The molecule has 0 spiro atoms. The highest BCUT2D eigenvalue weighted by Gasteiger charge is 2.09. The zero-order valence-electron chi connectivity index (χ0n) is 11.0. The first-order chi connectivity index (χ1) is 7.70. The van der Waals surface area contributed by atoms with Gasteiger partial charge in [0.05, 0.1) is 0 Å².